The Morgan fingerprint density at radius 2 is 2.16 bits per heavy atom. The minimum Gasteiger partial charge on any atom is -0.381 e. The lowest BCUT2D eigenvalue weighted by Crippen LogP contribution is -2.14. The summed E-state index contributed by atoms with van der Waals surface area (Å²) in [5.41, 5.74) is 5.82. The molecule has 2 aromatic rings. The number of aromatic nitrogens is 2. The highest BCUT2D eigenvalue weighted by molar-refractivity contribution is 9.10. The highest BCUT2D eigenvalue weighted by Gasteiger charge is 2.21. The van der Waals surface area contributed by atoms with E-state index in [1.807, 2.05) is 0 Å². The van der Waals surface area contributed by atoms with Crippen LogP contribution in [0.15, 0.2) is 33.8 Å². The number of hydrogen-bond donors (Lipinski definition) is 2. The molecule has 0 aliphatic carbocycles. The molecule has 1 aromatic carbocycles. The van der Waals surface area contributed by atoms with Crippen molar-refractivity contribution in [2.75, 3.05) is 10.5 Å². The van der Waals surface area contributed by atoms with Gasteiger partial charge in [-0.25, -0.2) is 8.42 Å². The van der Waals surface area contributed by atoms with Gasteiger partial charge in [-0.15, -0.1) is 0 Å². The number of nitrogens with zero attached hydrogens (tertiary/aromatic N) is 2. The Labute approximate surface area is 123 Å². The van der Waals surface area contributed by atoms with Crippen molar-refractivity contribution in [3.63, 3.8) is 0 Å². The molecule has 0 saturated carbocycles. The largest absolute Gasteiger partial charge is 0.381 e. The van der Waals surface area contributed by atoms with E-state index in [9.17, 15) is 8.42 Å². The van der Waals surface area contributed by atoms with Crippen LogP contribution in [0.4, 0.5) is 11.5 Å². The summed E-state index contributed by atoms with van der Waals surface area (Å²) < 4.78 is 28.8. The summed E-state index contributed by atoms with van der Waals surface area (Å²) in [5, 5.41) is 4.08. The van der Waals surface area contributed by atoms with E-state index in [1.54, 1.807) is 25.2 Å². The van der Waals surface area contributed by atoms with Crippen LogP contribution in [0, 0.1) is 0 Å². The van der Waals surface area contributed by atoms with E-state index in [4.69, 9.17) is 17.3 Å². The van der Waals surface area contributed by atoms with E-state index < -0.39 is 10.0 Å². The molecule has 0 radical (unpaired) electrons. The topological polar surface area (TPSA) is 90.0 Å². The molecule has 0 saturated heterocycles. The summed E-state index contributed by atoms with van der Waals surface area (Å²) in [6.07, 6.45) is 1.32. The fourth-order valence-corrected chi connectivity index (χ4v) is 3.22. The zero-order valence-electron chi connectivity index (χ0n) is 9.76. The first-order valence-corrected chi connectivity index (χ1v) is 7.72. The second-order valence-corrected chi connectivity index (χ2v) is 6.76. The number of halogens is 2. The van der Waals surface area contributed by atoms with Crippen molar-refractivity contribution in [3.8, 4) is 0 Å². The summed E-state index contributed by atoms with van der Waals surface area (Å²) in [6.45, 7) is 0. The minimum atomic E-state index is -3.83. The van der Waals surface area contributed by atoms with Crippen molar-refractivity contribution in [1.29, 1.82) is 0 Å². The van der Waals surface area contributed by atoms with Crippen molar-refractivity contribution in [3.05, 3.63) is 33.9 Å². The first-order valence-electron chi connectivity index (χ1n) is 5.06. The molecular formula is C10H10BrClN4O2S. The van der Waals surface area contributed by atoms with E-state index in [0.29, 0.717) is 4.47 Å². The summed E-state index contributed by atoms with van der Waals surface area (Å²) in [4.78, 5) is -0.0916. The van der Waals surface area contributed by atoms with Crippen molar-refractivity contribution < 1.29 is 8.42 Å². The van der Waals surface area contributed by atoms with Gasteiger partial charge in [-0.1, -0.05) is 27.5 Å². The third kappa shape index (κ3) is 3.02. The molecule has 1 aromatic heterocycles. The first kappa shape index (κ1) is 14.2. The molecule has 19 heavy (non-hydrogen) atoms. The summed E-state index contributed by atoms with van der Waals surface area (Å²) in [6, 6.07) is 4.85. The van der Waals surface area contributed by atoms with E-state index >= 15 is 0 Å². The molecule has 3 N–H and O–H groups in total. The zero-order valence-corrected chi connectivity index (χ0v) is 12.9. The van der Waals surface area contributed by atoms with Crippen LogP contribution in [0.2, 0.25) is 5.02 Å². The van der Waals surface area contributed by atoms with Gasteiger partial charge in [0, 0.05) is 17.7 Å². The molecule has 2 rings (SSSR count). The Hall–Kier alpha value is -1.25. The van der Waals surface area contributed by atoms with E-state index in [0.717, 1.165) is 0 Å². The van der Waals surface area contributed by atoms with Crippen LogP contribution < -0.4 is 10.5 Å². The third-order valence-corrected chi connectivity index (χ3v) is 4.49. The minimum absolute atomic E-state index is 0.0684. The van der Waals surface area contributed by atoms with Gasteiger partial charge < -0.3 is 5.73 Å². The van der Waals surface area contributed by atoms with Crippen molar-refractivity contribution in [2.24, 2.45) is 7.05 Å². The number of nitrogen functional groups attached to an aromatic ring is 1. The molecular weight excluding hydrogens is 356 g/mol. The number of nitrogens with one attached hydrogen (secondary N) is 1. The first-order chi connectivity index (χ1) is 8.79. The van der Waals surface area contributed by atoms with Crippen LogP contribution in [0.25, 0.3) is 0 Å². The predicted octanol–water partition coefficient (Wildman–Crippen LogP) is 2.22. The van der Waals surface area contributed by atoms with Crippen molar-refractivity contribution in [1.82, 2.24) is 9.78 Å². The lowest BCUT2D eigenvalue weighted by molar-refractivity contribution is 0.601. The van der Waals surface area contributed by atoms with Gasteiger partial charge in [0.05, 0.1) is 10.7 Å². The molecule has 0 atom stereocenters. The number of hydrogen-bond acceptors (Lipinski definition) is 4. The van der Waals surface area contributed by atoms with Gasteiger partial charge in [-0.05, 0) is 18.2 Å². The maximum absolute atomic E-state index is 12.2. The Kier molecular flexibility index (Phi) is 3.75. The van der Waals surface area contributed by atoms with Gasteiger partial charge in [-0.2, -0.15) is 5.10 Å². The van der Waals surface area contributed by atoms with E-state index in [2.05, 4.69) is 25.8 Å². The number of anilines is 2. The van der Waals surface area contributed by atoms with Gasteiger partial charge in [0.1, 0.15) is 4.90 Å². The van der Waals surface area contributed by atoms with Crippen molar-refractivity contribution in [2.45, 2.75) is 4.90 Å². The van der Waals surface area contributed by atoms with Gasteiger partial charge in [-0.3, -0.25) is 9.40 Å². The molecule has 0 amide bonds. The average molecular weight is 366 g/mol. The fourth-order valence-electron chi connectivity index (χ4n) is 1.47. The Morgan fingerprint density at radius 3 is 2.74 bits per heavy atom. The Balaban J connectivity index is 2.42. The monoisotopic (exact) mass is 364 g/mol. The van der Waals surface area contributed by atoms with E-state index in [1.165, 1.54) is 10.9 Å². The lowest BCUT2D eigenvalue weighted by Gasteiger charge is -2.08. The molecule has 102 valence electrons. The molecule has 0 spiro atoms. The second-order valence-electron chi connectivity index (χ2n) is 3.78. The van der Waals surface area contributed by atoms with Crippen LogP contribution in [-0.4, -0.2) is 18.2 Å². The standard InChI is InChI=1S/C10H10BrClN4O2S/c1-16-5-9(10(13)14-16)19(17,18)15-8-4-6(11)2-3-7(8)12/h2-5,15H,1H3,(H2,13,14). The number of sulfonamides is 1. The fraction of sp³-hybridized carbons (Fsp3) is 0.100. The smallest absolute Gasteiger partial charge is 0.267 e. The summed E-state index contributed by atoms with van der Waals surface area (Å²) in [7, 11) is -2.24. The Morgan fingerprint density at radius 1 is 1.47 bits per heavy atom. The highest BCUT2D eigenvalue weighted by Crippen LogP contribution is 2.28. The average Bonchev–Trinajstić information content (AvgIpc) is 2.63. The molecule has 0 aliphatic heterocycles. The van der Waals surface area contributed by atoms with Crippen LogP contribution in [0.3, 0.4) is 0 Å². The van der Waals surface area contributed by atoms with Crippen LogP contribution >= 0.6 is 27.5 Å². The predicted molar refractivity (Wildman–Crippen MR) is 77.6 cm³/mol. The van der Waals surface area contributed by atoms with Gasteiger partial charge >= 0.3 is 0 Å². The molecule has 9 heteroatoms. The molecule has 1 heterocycles. The van der Waals surface area contributed by atoms with Crippen LogP contribution in [-0.2, 0) is 17.1 Å². The van der Waals surface area contributed by atoms with Gasteiger partial charge in [0.25, 0.3) is 10.0 Å². The Bertz CT molecular complexity index is 729. The molecule has 6 nitrogen and oxygen atoms in total. The molecule has 0 unspecified atom stereocenters. The maximum Gasteiger partial charge on any atom is 0.267 e. The number of rotatable bonds is 3. The molecule has 0 bridgehead atoms. The molecule has 0 aliphatic rings. The van der Waals surface area contributed by atoms with Gasteiger partial charge in [0.2, 0.25) is 0 Å². The maximum atomic E-state index is 12.2. The summed E-state index contributed by atoms with van der Waals surface area (Å²) >= 11 is 9.18. The number of nitrogens with two attached hydrogens (primary N) is 1. The molecule has 0 fully saturated rings. The highest BCUT2D eigenvalue weighted by atomic mass is 79.9. The van der Waals surface area contributed by atoms with Crippen LogP contribution in [0.5, 0.6) is 0 Å². The second kappa shape index (κ2) is 5.03. The van der Waals surface area contributed by atoms with Gasteiger partial charge in [0.15, 0.2) is 5.82 Å². The SMILES string of the molecule is Cn1cc(S(=O)(=O)Nc2cc(Br)ccc2Cl)c(N)n1. The third-order valence-electron chi connectivity index (χ3n) is 2.28. The van der Waals surface area contributed by atoms with E-state index in [-0.39, 0.29) is 21.4 Å². The number of aryl methyl sites for hydroxylation is 1. The quantitative estimate of drug-likeness (QED) is 0.872. The van der Waals surface area contributed by atoms with Crippen molar-refractivity contribution >= 4 is 49.1 Å². The number of benzene rings is 1. The van der Waals surface area contributed by atoms with Crippen LogP contribution in [0.1, 0.15) is 0 Å². The normalized spacial score (nSPS) is 11.5. The zero-order chi connectivity index (χ0) is 14.2. The lowest BCUT2D eigenvalue weighted by atomic mass is 10.3. The summed E-state index contributed by atoms with van der Waals surface area (Å²) in [5.74, 6) is -0.0684.